The first-order valence-electron chi connectivity index (χ1n) is 6.42. The van der Waals surface area contributed by atoms with Gasteiger partial charge in [0.15, 0.2) is 12.7 Å². The van der Waals surface area contributed by atoms with Gasteiger partial charge in [-0.2, -0.15) is 0 Å². The van der Waals surface area contributed by atoms with E-state index in [9.17, 15) is 9.59 Å². The van der Waals surface area contributed by atoms with E-state index in [1.54, 1.807) is 36.5 Å². The minimum absolute atomic E-state index is 0.285. The summed E-state index contributed by atoms with van der Waals surface area (Å²) >= 11 is 5.89. The molecule has 1 N–H and O–H groups in total. The van der Waals surface area contributed by atoms with Crippen molar-refractivity contribution in [3.63, 3.8) is 0 Å². The third-order valence-electron chi connectivity index (χ3n) is 3.20. The summed E-state index contributed by atoms with van der Waals surface area (Å²) in [4.78, 5) is 26.4. The number of H-pyrrole nitrogens is 1. The van der Waals surface area contributed by atoms with Crippen LogP contribution in [-0.2, 0) is 16.0 Å². The van der Waals surface area contributed by atoms with Gasteiger partial charge < -0.3 is 14.5 Å². The second kappa shape index (κ2) is 5.61. The van der Waals surface area contributed by atoms with Crippen molar-refractivity contribution in [3.8, 4) is 5.75 Å². The lowest BCUT2D eigenvalue weighted by atomic mass is 10.1. The van der Waals surface area contributed by atoms with Crippen LogP contribution in [0.1, 0.15) is 16.1 Å². The fraction of sp³-hybridized carbons (Fsp3) is 0.200. The van der Waals surface area contributed by atoms with E-state index in [-0.39, 0.29) is 12.4 Å². The smallest absolute Gasteiger partial charge is 0.348 e. The van der Waals surface area contributed by atoms with E-state index in [0.717, 1.165) is 5.56 Å². The van der Waals surface area contributed by atoms with Crippen LogP contribution in [-0.4, -0.2) is 29.4 Å². The van der Waals surface area contributed by atoms with Crippen molar-refractivity contribution in [3.05, 3.63) is 52.8 Å². The SMILES string of the molecule is O=C(COC(=O)[C@@H]1Cc2cc(Cl)ccc2O1)c1ccc[nH]1. The van der Waals surface area contributed by atoms with Gasteiger partial charge in [-0.05, 0) is 35.9 Å². The maximum atomic E-state index is 11.9. The van der Waals surface area contributed by atoms with Gasteiger partial charge in [-0.3, -0.25) is 4.79 Å². The van der Waals surface area contributed by atoms with Crippen molar-refractivity contribution >= 4 is 23.4 Å². The van der Waals surface area contributed by atoms with Gasteiger partial charge in [-0.1, -0.05) is 11.6 Å². The molecular weight excluding hydrogens is 294 g/mol. The number of ether oxygens (including phenoxy) is 2. The molecule has 2 heterocycles. The highest BCUT2D eigenvalue weighted by atomic mass is 35.5. The number of ketones is 1. The molecule has 1 aliphatic rings. The quantitative estimate of drug-likeness (QED) is 0.695. The van der Waals surface area contributed by atoms with E-state index in [2.05, 4.69) is 4.98 Å². The van der Waals surface area contributed by atoms with E-state index in [0.29, 0.717) is 22.9 Å². The topological polar surface area (TPSA) is 68.4 Å². The van der Waals surface area contributed by atoms with Crippen LogP contribution >= 0.6 is 11.6 Å². The third kappa shape index (κ3) is 2.92. The Labute approximate surface area is 125 Å². The summed E-state index contributed by atoms with van der Waals surface area (Å²) in [5, 5.41) is 0.591. The number of rotatable bonds is 4. The fourth-order valence-electron chi connectivity index (χ4n) is 2.16. The first kappa shape index (κ1) is 13.7. The molecule has 1 aromatic carbocycles. The number of carbonyl (C=O) groups excluding carboxylic acids is 2. The van der Waals surface area contributed by atoms with Crippen molar-refractivity contribution in [2.75, 3.05) is 6.61 Å². The fourth-order valence-corrected chi connectivity index (χ4v) is 2.35. The molecule has 0 unspecified atom stereocenters. The van der Waals surface area contributed by atoms with Gasteiger partial charge in [0.1, 0.15) is 5.75 Å². The number of aromatic nitrogens is 1. The molecule has 1 aromatic heterocycles. The molecule has 0 fully saturated rings. The average molecular weight is 306 g/mol. The Bertz CT molecular complexity index is 681. The van der Waals surface area contributed by atoms with Crippen LogP contribution in [0, 0.1) is 0 Å². The number of halogens is 1. The Morgan fingerprint density at radius 3 is 3.00 bits per heavy atom. The lowest BCUT2D eigenvalue weighted by molar-refractivity contribution is -0.149. The molecule has 3 rings (SSSR count). The third-order valence-corrected chi connectivity index (χ3v) is 3.44. The zero-order chi connectivity index (χ0) is 14.8. The van der Waals surface area contributed by atoms with Crippen LogP contribution < -0.4 is 4.74 Å². The molecule has 0 radical (unpaired) electrons. The number of hydrogen-bond acceptors (Lipinski definition) is 4. The second-order valence-corrected chi connectivity index (χ2v) is 5.11. The Morgan fingerprint density at radius 1 is 1.38 bits per heavy atom. The molecule has 5 nitrogen and oxygen atoms in total. The van der Waals surface area contributed by atoms with Crippen molar-refractivity contribution in [2.45, 2.75) is 12.5 Å². The van der Waals surface area contributed by atoms with Crippen LogP contribution in [0.25, 0.3) is 0 Å². The first-order valence-corrected chi connectivity index (χ1v) is 6.79. The standard InChI is InChI=1S/C15H12ClNO4/c16-10-3-4-13-9(6-10)7-14(21-13)15(19)20-8-12(18)11-2-1-5-17-11/h1-6,14,17H,7-8H2/t14-/m0/s1. The van der Waals surface area contributed by atoms with Crippen molar-refractivity contribution in [2.24, 2.45) is 0 Å². The summed E-state index contributed by atoms with van der Waals surface area (Å²) in [6, 6.07) is 8.50. The summed E-state index contributed by atoms with van der Waals surface area (Å²) in [6.45, 7) is -0.309. The van der Waals surface area contributed by atoms with Crippen LogP contribution in [0.2, 0.25) is 5.02 Å². The molecule has 0 saturated carbocycles. The summed E-state index contributed by atoms with van der Waals surface area (Å²) in [5.74, 6) is -0.217. The van der Waals surface area contributed by atoms with Gasteiger partial charge in [0.25, 0.3) is 0 Å². The van der Waals surface area contributed by atoms with Crippen LogP contribution in [0.15, 0.2) is 36.5 Å². The van der Waals surface area contributed by atoms with Crippen molar-refractivity contribution in [1.82, 2.24) is 4.98 Å². The Kier molecular flexibility index (Phi) is 3.66. The highest BCUT2D eigenvalue weighted by molar-refractivity contribution is 6.30. The van der Waals surface area contributed by atoms with E-state index in [1.165, 1.54) is 0 Å². The van der Waals surface area contributed by atoms with E-state index >= 15 is 0 Å². The highest BCUT2D eigenvalue weighted by Gasteiger charge is 2.31. The molecule has 0 amide bonds. The van der Waals surface area contributed by atoms with Crippen LogP contribution in [0.4, 0.5) is 0 Å². The molecule has 0 spiro atoms. The number of nitrogens with one attached hydrogen (secondary N) is 1. The maximum Gasteiger partial charge on any atom is 0.348 e. The Hall–Kier alpha value is -2.27. The lowest BCUT2D eigenvalue weighted by Crippen LogP contribution is -2.29. The zero-order valence-corrected chi connectivity index (χ0v) is 11.7. The summed E-state index contributed by atoms with van der Waals surface area (Å²) in [5.41, 5.74) is 1.27. The van der Waals surface area contributed by atoms with Gasteiger partial charge in [-0.25, -0.2) is 4.79 Å². The number of hydrogen-bond donors (Lipinski definition) is 1. The molecule has 1 atom stereocenters. The van der Waals surface area contributed by atoms with E-state index in [1.807, 2.05) is 0 Å². The monoisotopic (exact) mass is 305 g/mol. The molecule has 108 valence electrons. The largest absolute Gasteiger partial charge is 0.478 e. The number of fused-ring (bicyclic) bond motifs is 1. The van der Waals surface area contributed by atoms with Gasteiger partial charge in [0, 0.05) is 17.6 Å². The summed E-state index contributed by atoms with van der Waals surface area (Å²) < 4.78 is 10.5. The van der Waals surface area contributed by atoms with Crippen LogP contribution in [0.3, 0.4) is 0 Å². The molecule has 2 aromatic rings. The molecular formula is C15H12ClNO4. The zero-order valence-electron chi connectivity index (χ0n) is 11.0. The van der Waals surface area contributed by atoms with E-state index in [4.69, 9.17) is 21.1 Å². The number of esters is 1. The lowest BCUT2D eigenvalue weighted by Gasteiger charge is -2.09. The second-order valence-electron chi connectivity index (χ2n) is 4.68. The molecule has 6 heteroatoms. The number of aromatic amines is 1. The maximum absolute atomic E-state index is 11.9. The minimum Gasteiger partial charge on any atom is -0.478 e. The summed E-state index contributed by atoms with van der Waals surface area (Å²) in [6.07, 6.45) is 1.30. The van der Waals surface area contributed by atoms with Crippen molar-refractivity contribution in [1.29, 1.82) is 0 Å². The molecule has 1 aliphatic heterocycles. The predicted molar refractivity (Wildman–Crippen MR) is 75.7 cm³/mol. The minimum atomic E-state index is -0.727. The van der Waals surface area contributed by atoms with Gasteiger partial charge in [-0.15, -0.1) is 0 Å². The average Bonchev–Trinajstić information content (AvgIpc) is 3.12. The van der Waals surface area contributed by atoms with Crippen LogP contribution in [0.5, 0.6) is 5.75 Å². The molecule has 21 heavy (non-hydrogen) atoms. The molecule has 0 aliphatic carbocycles. The van der Waals surface area contributed by atoms with Gasteiger partial charge >= 0.3 is 5.97 Å². The normalized spacial score (nSPS) is 16.1. The molecule has 0 bridgehead atoms. The highest BCUT2D eigenvalue weighted by Crippen LogP contribution is 2.31. The number of Topliss-reactive ketones (excluding diaryl/α,β-unsaturated/α-hetero) is 1. The first-order chi connectivity index (χ1) is 10.1. The molecule has 0 saturated heterocycles. The Morgan fingerprint density at radius 2 is 2.24 bits per heavy atom. The van der Waals surface area contributed by atoms with E-state index < -0.39 is 12.1 Å². The Balaban J connectivity index is 1.57. The number of benzene rings is 1. The van der Waals surface area contributed by atoms with Gasteiger partial charge in [0.05, 0.1) is 5.69 Å². The summed E-state index contributed by atoms with van der Waals surface area (Å²) in [7, 11) is 0. The van der Waals surface area contributed by atoms with Crippen molar-refractivity contribution < 1.29 is 19.1 Å². The number of carbonyl (C=O) groups is 2. The van der Waals surface area contributed by atoms with Gasteiger partial charge in [0.2, 0.25) is 5.78 Å². The predicted octanol–water partition coefficient (Wildman–Crippen LogP) is 2.40.